The van der Waals surface area contributed by atoms with Crippen LogP contribution in [0.2, 0.25) is 0 Å². The van der Waals surface area contributed by atoms with Crippen molar-refractivity contribution in [3.63, 3.8) is 0 Å². The molecule has 0 fully saturated rings. The van der Waals surface area contributed by atoms with Crippen molar-refractivity contribution in [1.29, 1.82) is 0 Å². The second-order valence-electron chi connectivity index (χ2n) is 12.7. The van der Waals surface area contributed by atoms with Crippen molar-refractivity contribution in [2.24, 2.45) is 0 Å². The third-order valence-electron chi connectivity index (χ3n) is 9.94. The molecule has 240 valence electrons. The molecule has 4 heterocycles. The summed E-state index contributed by atoms with van der Waals surface area (Å²) in [4.78, 5) is 15.5. The van der Waals surface area contributed by atoms with Gasteiger partial charge < -0.3 is 9.55 Å². The second kappa shape index (κ2) is 11.7. The first-order chi connectivity index (χ1) is 24.2. The van der Waals surface area contributed by atoms with E-state index in [1.807, 2.05) is 18.3 Å². The number of hydrogen-bond acceptors (Lipinski definition) is 2. The molecule has 50 heavy (non-hydrogen) atoms. The molecule has 4 aromatic heterocycles. The van der Waals surface area contributed by atoms with E-state index in [0.29, 0.717) is 0 Å². The molecule has 0 bridgehead atoms. The van der Waals surface area contributed by atoms with Crippen molar-refractivity contribution in [3.8, 4) is 34.0 Å². The number of hydrogen-bond donors (Lipinski definition) is 0. The average molecular weight is 823 g/mol. The smallest absolute Gasteiger partial charge is 0.656 e. The molecule has 0 saturated carbocycles. The molecule has 0 aliphatic carbocycles. The third-order valence-corrected chi connectivity index (χ3v) is 9.94. The van der Waals surface area contributed by atoms with Gasteiger partial charge in [0.15, 0.2) is 0 Å². The number of aromatic nitrogens is 5. The number of pyridine rings is 1. The molecule has 0 aliphatic rings. The van der Waals surface area contributed by atoms with E-state index in [-0.39, 0.29) is 21.1 Å². The van der Waals surface area contributed by atoms with Gasteiger partial charge in [0.2, 0.25) is 0 Å². The van der Waals surface area contributed by atoms with Crippen molar-refractivity contribution < 1.29 is 21.1 Å². The largest absolute Gasteiger partial charge is 2.00 e. The second-order valence-corrected chi connectivity index (χ2v) is 12.7. The SMILES string of the molecule is Cc1ccnc(-n2c3[c-]c(-c4cccc5c4nc(-c4cccc6c4[n-]c4ccccc46)n5-c4ccccc4)ccc3c3ccccc32)c1C.[Pt+2]. The predicted molar refractivity (Wildman–Crippen MR) is 201 cm³/mol. The fourth-order valence-electron chi connectivity index (χ4n) is 7.43. The Hall–Kier alpha value is -5.77. The van der Waals surface area contributed by atoms with Crippen LogP contribution in [0.15, 0.2) is 140 Å². The summed E-state index contributed by atoms with van der Waals surface area (Å²) in [5.41, 5.74) is 12.4. The van der Waals surface area contributed by atoms with E-state index in [1.165, 1.54) is 10.9 Å². The van der Waals surface area contributed by atoms with E-state index in [2.05, 4.69) is 150 Å². The Balaban J connectivity index is 0.00000336. The van der Waals surface area contributed by atoms with Gasteiger partial charge in [0.1, 0.15) is 11.6 Å². The van der Waals surface area contributed by atoms with Crippen LogP contribution >= 0.6 is 0 Å². The molecule has 10 aromatic rings. The van der Waals surface area contributed by atoms with Gasteiger partial charge in [-0.25, -0.2) is 9.97 Å². The summed E-state index contributed by atoms with van der Waals surface area (Å²) in [7, 11) is 0. The average Bonchev–Trinajstić information content (AvgIpc) is 3.83. The minimum atomic E-state index is 0. The molecular weight excluding hydrogens is 794 g/mol. The molecule has 6 heteroatoms. The van der Waals surface area contributed by atoms with Gasteiger partial charge in [-0.3, -0.25) is 4.57 Å². The normalized spacial score (nSPS) is 11.6. The Kier molecular flexibility index (Phi) is 7.08. The number of rotatable bonds is 4. The van der Waals surface area contributed by atoms with Gasteiger partial charge in [0, 0.05) is 23.0 Å². The fraction of sp³-hybridized carbons (Fsp3) is 0.0455. The molecule has 0 atom stereocenters. The summed E-state index contributed by atoms with van der Waals surface area (Å²) in [6, 6.07) is 50.5. The monoisotopic (exact) mass is 822 g/mol. The topological polar surface area (TPSA) is 49.7 Å². The molecule has 0 saturated heterocycles. The van der Waals surface area contributed by atoms with E-state index in [9.17, 15) is 0 Å². The number of fused-ring (bicyclic) bond motifs is 7. The van der Waals surface area contributed by atoms with E-state index < -0.39 is 0 Å². The standard InChI is InChI=1S/C44H29N5.Pt/c1-27-24-25-45-43(28(27)2)49-38-20-9-7-15-33(38)34-23-22-29(26-40(34)49)31-16-11-21-39-42(31)47-44(48(39)30-12-4-3-5-13-30)36-18-10-17-35-32-14-6-8-19-37(32)46-41(35)36;/h3-25H,1-2H3;/q-2;+2. The van der Waals surface area contributed by atoms with Gasteiger partial charge in [-0.15, -0.1) is 34.8 Å². The molecule has 0 unspecified atom stereocenters. The van der Waals surface area contributed by atoms with E-state index >= 15 is 0 Å². The number of nitrogens with zero attached hydrogens (tertiary/aromatic N) is 5. The summed E-state index contributed by atoms with van der Waals surface area (Å²) in [5, 5.41) is 4.61. The molecule has 0 aliphatic heterocycles. The van der Waals surface area contributed by atoms with Crippen LogP contribution in [0, 0.1) is 19.9 Å². The zero-order chi connectivity index (χ0) is 32.6. The quantitative estimate of drug-likeness (QED) is 0.166. The first-order valence-corrected chi connectivity index (χ1v) is 16.6. The summed E-state index contributed by atoms with van der Waals surface area (Å²) >= 11 is 0. The number of benzene rings is 6. The zero-order valence-corrected chi connectivity index (χ0v) is 29.6. The number of para-hydroxylation sites is 5. The molecule has 10 rings (SSSR count). The van der Waals surface area contributed by atoms with Crippen LogP contribution in [0.1, 0.15) is 11.1 Å². The Labute approximate surface area is 303 Å². The van der Waals surface area contributed by atoms with Crippen LogP contribution in [0.25, 0.3) is 88.7 Å². The van der Waals surface area contributed by atoms with Gasteiger partial charge in [-0.05, 0) is 77.0 Å². The molecule has 0 N–H and O–H groups in total. The van der Waals surface area contributed by atoms with Crippen LogP contribution < -0.4 is 4.98 Å². The van der Waals surface area contributed by atoms with Crippen LogP contribution in [-0.2, 0) is 21.1 Å². The Bertz CT molecular complexity index is 2910. The van der Waals surface area contributed by atoms with Gasteiger partial charge in [0.25, 0.3) is 0 Å². The van der Waals surface area contributed by atoms with Crippen molar-refractivity contribution in [3.05, 3.63) is 157 Å². The molecule has 6 aromatic carbocycles. The molecule has 0 radical (unpaired) electrons. The summed E-state index contributed by atoms with van der Waals surface area (Å²) < 4.78 is 4.53. The van der Waals surface area contributed by atoms with Crippen LogP contribution in [0.3, 0.4) is 0 Å². The van der Waals surface area contributed by atoms with Crippen LogP contribution in [0.4, 0.5) is 0 Å². The molecule has 0 spiro atoms. The summed E-state index contributed by atoms with van der Waals surface area (Å²) in [6.45, 7) is 4.28. The minimum absolute atomic E-state index is 0. The summed E-state index contributed by atoms with van der Waals surface area (Å²) in [5.74, 6) is 1.79. The van der Waals surface area contributed by atoms with E-state index in [1.54, 1.807) is 0 Å². The first kappa shape index (κ1) is 30.3. The van der Waals surface area contributed by atoms with Gasteiger partial charge in [-0.1, -0.05) is 102 Å². The summed E-state index contributed by atoms with van der Waals surface area (Å²) in [6.07, 6.45) is 1.89. The predicted octanol–water partition coefficient (Wildman–Crippen LogP) is 10.5. The Morgan fingerprint density at radius 3 is 2.20 bits per heavy atom. The maximum Gasteiger partial charge on any atom is 2.00 e. The molecule has 0 amide bonds. The number of imidazole rings is 1. The maximum atomic E-state index is 5.47. The van der Waals surface area contributed by atoms with Crippen LogP contribution in [0.5, 0.6) is 0 Å². The van der Waals surface area contributed by atoms with Crippen molar-refractivity contribution in [2.45, 2.75) is 13.8 Å². The Morgan fingerprint density at radius 2 is 1.32 bits per heavy atom. The minimum Gasteiger partial charge on any atom is -0.656 e. The van der Waals surface area contributed by atoms with Crippen molar-refractivity contribution in [1.82, 2.24) is 24.1 Å². The van der Waals surface area contributed by atoms with Crippen molar-refractivity contribution >= 4 is 54.6 Å². The fourth-order valence-corrected chi connectivity index (χ4v) is 7.43. The van der Waals surface area contributed by atoms with Crippen molar-refractivity contribution in [2.75, 3.05) is 0 Å². The van der Waals surface area contributed by atoms with E-state index in [0.717, 1.165) is 88.8 Å². The zero-order valence-electron chi connectivity index (χ0n) is 27.3. The number of aryl methyl sites for hydroxylation is 1. The molecule has 5 nitrogen and oxygen atoms in total. The molecular formula is C44H29N5Pt. The van der Waals surface area contributed by atoms with Gasteiger partial charge in [-0.2, -0.15) is 0 Å². The van der Waals surface area contributed by atoms with Gasteiger partial charge in [0.05, 0.1) is 11.0 Å². The third kappa shape index (κ3) is 4.43. The maximum absolute atomic E-state index is 5.47. The first-order valence-electron chi connectivity index (χ1n) is 16.6. The van der Waals surface area contributed by atoms with Crippen LogP contribution in [-0.4, -0.2) is 19.1 Å². The van der Waals surface area contributed by atoms with E-state index in [4.69, 9.17) is 15.0 Å². The Morgan fingerprint density at radius 1 is 0.600 bits per heavy atom. The van der Waals surface area contributed by atoms with Gasteiger partial charge >= 0.3 is 21.1 Å².